The summed E-state index contributed by atoms with van der Waals surface area (Å²) in [5.74, 6) is -0.417. The van der Waals surface area contributed by atoms with Crippen molar-refractivity contribution in [3.8, 4) is 11.5 Å². The number of halogens is 2. The van der Waals surface area contributed by atoms with Crippen LogP contribution in [0.15, 0.2) is 66.7 Å². The van der Waals surface area contributed by atoms with Gasteiger partial charge in [-0.15, -0.1) is 0 Å². The van der Waals surface area contributed by atoms with Gasteiger partial charge < -0.3 is 20.5 Å². The van der Waals surface area contributed by atoms with Gasteiger partial charge in [0.2, 0.25) is 5.91 Å². The van der Waals surface area contributed by atoms with E-state index in [0.29, 0.717) is 29.2 Å². The van der Waals surface area contributed by atoms with E-state index in [4.69, 9.17) is 15.2 Å². The number of hydrogen-bond donors (Lipinski definition) is 2. The van der Waals surface area contributed by atoms with E-state index >= 15 is 0 Å². The minimum Gasteiger partial charge on any atom is -0.485 e. The molecule has 3 aromatic rings. The molecule has 162 valence electrons. The van der Waals surface area contributed by atoms with Crippen molar-refractivity contribution < 1.29 is 23.0 Å². The predicted molar refractivity (Wildman–Crippen MR) is 113 cm³/mol. The van der Waals surface area contributed by atoms with Crippen LogP contribution in [-0.4, -0.2) is 11.9 Å². The van der Waals surface area contributed by atoms with Crippen LogP contribution in [0, 0.1) is 11.6 Å². The molecule has 0 heterocycles. The number of amides is 1. The summed E-state index contributed by atoms with van der Waals surface area (Å²) in [7, 11) is 0. The highest BCUT2D eigenvalue weighted by Gasteiger charge is 2.12. The summed E-state index contributed by atoms with van der Waals surface area (Å²) in [5, 5.41) is 3.01. The Bertz CT molecular complexity index is 1040. The van der Waals surface area contributed by atoms with Crippen LogP contribution in [0.25, 0.3) is 0 Å². The third kappa shape index (κ3) is 6.26. The van der Waals surface area contributed by atoms with Crippen LogP contribution >= 0.6 is 0 Å². The van der Waals surface area contributed by atoms with Gasteiger partial charge in [0.05, 0.1) is 6.04 Å². The molecule has 5 nitrogen and oxygen atoms in total. The SMILES string of the molecule is CC(NCc1ccc(OCc2ccccc2F)c(OCc2ccccc2F)c1)C(N)=O. The van der Waals surface area contributed by atoms with Crippen LogP contribution in [0.2, 0.25) is 0 Å². The van der Waals surface area contributed by atoms with Crippen LogP contribution < -0.4 is 20.5 Å². The summed E-state index contributed by atoms with van der Waals surface area (Å²) in [5.41, 5.74) is 6.89. The standard InChI is InChI=1S/C24H24F2N2O3/c1-16(24(27)29)28-13-17-10-11-22(30-14-18-6-2-4-8-20(18)25)23(12-17)31-15-19-7-3-5-9-21(19)26/h2-12,16,28H,13-15H2,1H3,(H2,27,29). The smallest absolute Gasteiger partial charge is 0.234 e. The third-order valence-electron chi connectivity index (χ3n) is 4.73. The van der Waals surface area contributed by atoms with Crippen LogP contribution in [0.4, 0.5) is 8.78 Å². The van der Waals surface area contributed by atoms with E-state index in [1.165, 1.54) is 12.1 Å². The number of nitrogens with two attached hydrogens (primary N) is 1. The van der Waals surface area contributed by atoms with Gasteiger partial charge in [-0.2, -0.15) is 0 Å². The summed E-state index contributed by atoms with van der Waals surface area (Å²) in [6.07, 6.45) is 0. The maximum absolute atomic E-state index is 14.0. The minimum absolute atomic E-state index is 0.00268. The van der Waals surface area contributed by atoms with Gasteiger partial charge >= 0.3 is 0 Å². The zero-order chi connectivity index (χ0) is 22.2. The Balaban J connectivity index is 1.77. The Kier molecular flexibility index (Phi) is 7.56. The Labute approximate surface area is 179 Å². The second-order valence-electron chi connectivity index (χ2n) is 7.05. The van der Waals surface area contributed by atoms with Gasteiger partial charge in [0.25, 0.3) is 0 Å². The number of ether oxygens (including phenoxy) is 2. The molecule has 0 aliphatic heterocycles. The predicted octanol–water partition coefficient (Wildman–Crippen LogP) is 4.09. The molecule has 0 aliphatic rings. The molecule has 0 fully saturated rings. The number of carbonyl (C=O) groups is 1. The van der Waals surface area contributed by atoms with E-state index in [-0.39, 0.29) is 24.8 Å². The fourth-order valence-electron chi connectivity index (χ4n) is 2.81. The van der Waals surface area contributed by atoms with Crippen LogP contribution in [-0.2, 0) is 24.6 Å². The van der Waals surface area contributed by atoms with Gasteiger partial charge in [0, 0.05) is 17.7 Å². The maximum atomic E-state index is 14.0. The fraction of sp³-hybridized carbons (Fsp3) is 0.208. The first-order valence-corrected chi connectivity index (χ1v) is 9.82. The lowest BCUT2D eigenvalue weighted by Crippen LogP contribution is -2.38. The van der Waals surface area contributed by atoms with Crippen molar-refractivity contribution in [1.29, 1.82) is 0 Å². The first-order chi connectivity index (χ1) is 14.9. The summed E-state index contributed by atoms with van der Waals surface area (Å²) in [4.78, 5) is 11.2. The van der Waals surface area contributed by atoms with E-state index in [0.717, 1.165) is 5.56 Å². The molecular formula is C24H24F2N2O3. The lowest BCUT2D eigenvalue weighted by Gasteiger charge is -2.16. The minimum atomic E-state index is -0.500. The number of carbonyl (C=O) groups excluding carboxylic acids is 1. The van der Waals surface area contributed by atoms with Crippen molar-refractivity contribution >= 4 is 5.91 Å². The molecular weight excluding hydrogens is 402 g/mol. The molecule has 0 aromatic heterocycles. The molecule has 1 unspecified atom stereocenters. The van der Waals surface area contributed by atoms with E-state index in [9.17, 15) is 13.6 Å². The molecule has 7 heteroatoms. The van der Waals surface area contributed by atoms with Crippen molar-refractivity contribution in [3.63, 3.8) is 0 Å². The number of nitrogens with one attached hydrogen (secondary N) is 1. The molecule has 0 bridgehead atoms. The fourth-order valence-corrected chi connectivity index (χ4v) is 2.81. The van der Waals surface area contributed by atoms with Gasteiger partial charge in [0.1, 0.15) is 24.8 Å². The van der Waals surface area contributed by atoms with Gasteiger partial charge in [-0.05, 0) is 36.8 Å². The van der Waals surface area contributed by atoms with Crippen LogP contribution in [0.1, 0.15) is 23.6 Å². The summed E-state index contributed by atoms with van der Waals surface area (Å²) < 4.78 is 39.5. The van der Waals surface area contributed by atoms with Gasteiger partial charge in [-0.3, -0.25) is 4.79 Å². The lowest BCUT2D eigenvalue weighted by atomic mass is 10.1. The number of hydrogen-bond acceptors (Lipinski definition) is 4. The molecule has 3 rings (SSSR count). The maximum Gasteiger partial charge on any atom is 0.234 e. The Hall–Kier alpha value is -3.45. The zero-order valence-electron chi connectivity index (χ0n) is 17.1. The van der Waals surface area contributed by atoms with E-state index in [1.807, 2.05) is 0 Å². The summed E-state index contributed by atoms with van der Waals surface area (Å²) in [6.45, 7) is 2.05. The van der Waals surface area contributed by atoms with E-state index in [1.54, 1.807) is 61.5 Å². The van der Waals surface area contributed by atoms with Gasteiger partial charge in [0.15, 0.2) is 11.5 Å². The first-order valence-electron chi connectivity index (χ1n) is 9.82. The van der Waals surface area contributed by atoms with E-state index in [2.05, 4.69) is 5.32 Å². The zero-order valence-corrected chi connectivity index (χ0v) is 17.1. The van der Waals surface area contributed by atoms with Crippen molar-refractivity contribution in [2.45, 2.75) is 32.7 Å². The highest BCUT2D eigenvalue weighted by Crippen LogP contribution is 2.30. The Morgan fingerprint density at radius 1 is 0.903 bits per heavy atom. The van der Waals surface area contributed by atoms with Crippen LogP contribution in [0.5, 0.6) is 11.5 Å². The Morgan fingerprint density at radius 2 is 1.45 bits per heavy atom. The topological polar surface area (TPSA) is 73.6 Å². The second kappa shape index (κ2) is 10.5. The molecule has 0 saturated carbocycles. The molecule has 0 aliphatic carbocycles. The van der Waals surface area contributed by atoms with Gasteiger partial charge in [-0.1, -0.05) is 42.5 Å². The van der Waals surface area contributed by atoms with Crippen molar-refractivity contribution in [1.82, 2.24) is 5.32 Å². The highest BCUT2D eigenvalue weighted by molar-refractivity contribution is 5.79. The van der Waals surface area contributed by atoms with Crippen molar-refractivity contribution in [3.05, 3.63) is 95.1 Å². The summed E-state index contributed by atoms with van der Waals surface area (Å²) in [6, 6.07) is 17.4. The van der Waals surface area contributed by atoms with Crippen LogP contribution in [0.3, 0.4) is 0 Å². The summed E-state index contributed by atoms with van der Waals surface area (Å²) >= 11 is 0. The molecule has 31 heavy (non-hydrogen) atoms. The number of primary amides is 1. The quantitative estimate of drug-likeness (QED) is 0.512. The largest absolute Gasteiger partial charge is 0.485 e. The molecule has 1 atom stereocenters. The molecule has 1 amide bonds. The molecule has 0 radical (unpaired) electrons. The number of rotatable bonds is 10. The van der Waals surface area contributed by atoms with Crippen molar-refractivity contribution in [2.24, 2.45) is 5.73 Å². The molecule has 0 saturated heterocycles. The highest BCUT2D eigenvalue weighted by atomic mass is 19.1. The number of benzene rings is 3. The van der Waals surface area contributed by atoms with E-state index < -0.39 is 11.9 Å². The molecule has 3 aromatic carbocycles. The molecule has 0 spiro atoms. The average molecular weight is 426 g/mol. The second-order valence-corrected chi connectivity index (χ2v) is 7.05. The van der Waals surface area contributed by atoms with Gasteiger partial charge in [-0.25, -0.2) is 8.78 Å². The van der Waals surface area contributed by atoms with Crippen molar-refractivity contribution in [2.75, 3.05) is 0 Å². The first kappa shape index (κ1) is 22.2. The average Bonchev–Trinajstić information content (AvgIpc) is 2.77. The normalized spacial score (nSPS) is 11.7. The lowest BCUT2D eigenvalue weighted by molar-refractivity contribution is -0.119. The Morgan fingerprint density at radius 3 is 2.00 bits per heavy atom. The molecule has 3 N–H and O–H groups in total. The third-order valence-corrected chi connectivity index (χ3v) is 4.73. The monoisotopic (exact) mass is 426 g/mol.